The Bertz CT molecular complexity index is 716. The average Bonchev–Trinajstić information content (AvgIpc) is 3.07. The summed E-state index contributed by atoms with van der Waals surface area (Å²) in [6.07, 6.45) is 1.51. The minimum atomic E-state index is -0.600. The van der Waals surface area contributed by atoms with Crippen molar-refractivity contribution in [2.24, 2.45) is 0 Å². The fourth-order valence-electron chi connectivity index (χ4n) is 1.94. The van der Waals surface area contributed by atoms with E-state index >= 15 is 0 Å². The summed E-state index contributed by atoms with van der Waals surface area (Å²) >= 11 is 6.03. The number of carbonyl (C=O) groups excluding carboxylic acids is 2. The van der Waals surface area contributed by atoms with Crippen LogP contribution in [0.4, 0.5) is 10.5 Å². The van der Waals surface area contributed by atoms with Gasteiger partial charge < -0.3 is 19.8 Å². The Morgan fingerprint density at radius 1 is 1.33 bits per heavy atom. The number of urea groups is 1. The van der Waals surface area contributed by atoms with Crippen molar-refractivity contribution < 1.29 is 18.7 Å². The minimum Gasteiger partial charge on any atom is -0.495 e. The smallest absolute Gasteiger partial charge is 0.321 e. The molecule has 3 N–H and O–H groups in total. The predicted octanol–water partition coefficient (Wildman–Crippen LogP) is 2.69. The Labute approximate surface area is 144 Å². The van der Waals surface area contributed by atoms with E-state index in [0.29, 0.717) is 22.2 Å². The molecule has 8 heteroatoms. The third-order valence-electron chi connectivity index (χ3n) is 3.18. The number of ether oxygens (including phenoxy) is 1. The second kappa shape index (κ2) is 8.26. The highest BCUT2D eigenvalue weighted by Crippen LogP contribution is 2.30. The van der Waals surface area contributed by atoms with E-state index in [9.17, 15) is 9.59 Å². The fraction of sp³-hybridized carbons (Fsp3) is 0.250. The largest absolute Gasteiger partial charge is 0.495 e. The Hall–Kier alpha value is -2.67. The molecule has 0 atom stereocenters. The molecule has 128 valence electrons. The number of halogens is 1. The standard InChI is InChI=1S/C16H18ClN3O4/c1-10-6-13(14(23-2)7-12(10)17)18-9-15(21)20-16(22)19-8-11-4-3-5-24-11/h3-7,18H,8-9H2,1-2H3,(H2,19,20,21,22). The van der Waals surface area contributed by atoms with Gasteiger partial charge >= 0.3 is 6.03 Å². The summed E-state index contributed by atoms with van der Waals surface area (Å²) in [5.74, 6) is 0.624. The van der Waals surface area contributed by atoms with Crippen LogP contribution in [0.3, 0.4) is 0 Å². The number of anilines is 1. The van der Waals surface area contributed by atoms with Gasteiger partial charge in [-0.1, -0.05) is 11.6 Å². The Kier molecular flexibility index (Phi) is 6.08. The van der Waals surface area contributed by atoms with Crippen LogP contribution in [0.2, 0.25) is 5.02 Å². The minimum absolute atomic E-state index is 0.0917. The molecular formula is C16H18ClN3O4. The van der Waals surface area contributed by atoms with Crippen molar-refractivity contribution in [1.82, 2.24) is 10.6 Å². The number of aryl methyl sites for hydroxylation is 1. The maximum atomic E-state index is 11.8. The number of amides is 3. The number of benzene rings is 1. The normalized spacial score (nSPS) is 10.1. The first-order chi connectivity index (χ1) is 11.5. The quantitative estimate of drug-likeness (QED) is 0.744. The van der Waals surface area contributed by atoms with Crippen molar-refractivity contribution in [3.8, 4) is 5.75 Å². The van der Waals surface area contributed by atoms with Gasteiger partial charge in [0.25, 0.3) is 0 Å². The predicted molar refractivity (Wildman–Crippen MR) is 90.3 cm³/mol. The molecule has 3 amide bonds. The van der Waals surface area contributed by atoms with E-state index in [1.54, 1.807) is 24.3 Å². The van der Waals surface area contributed by atoms with E-state index in [-0.39, 0.29) is 13.1 Å². The maximum Gasteiger partial charge on any atom is 0.321 e. The summed E-state index contributed by atoms with van der Waals surface area (Å²) in [5, 5.41) is 8.22. The molecule has 1 heterocycles. The number of furan rings is 1. The maximum absolute atomic E-state index is 11.8. The highest BCUT2D eigenvalue weighted by atomic mass is 35.5. The number of methoxy groups -OCH3 is 1. The van der Waals surface area contributed by atoms with Gasteiger partial charge in [-0.05, 0) is 30.7 Å². The van der Waals surface area contributed by atoms with Crippen LogP contribution in [-0.4, -0.2) is 25.6 Å². The lowest BCUT2D eigenvalue weighted by atomic mass is 10.2. The molecule has 2 aromatic rings. The highest BCUT2D eigenvalue weighted by Gasteiger charge is 2.11. The van der Waals surface area contributed by atoms with Gasteiger partial charge in [0.1, 0.15) is 11.5 Å². The van der Waals surface area contributed by atoms with Crippen LogP contribution in [0.1, 0.15) is 11.3 Å². The fourth-order valence-corrected chi connectivity index (χ4v) is 2.10. The summed E-state index contributed by atoms with van der Waals surface area (Å²) in [6.45, 7) is 1.95. The number of imide groups is 1. The zero-order valence-electron chi connectivity index (χ0n) is 13.3. The number of rotatable bonds is 6. The van der Waals surface area contributed by atoms with Crippen LogP contribution in [0.5, 0.6) is 5.75 Å². The van der Waals surface area contributed by atoms with Gasteiger partial charge in [0.15, 0.2) is 0 Å². The molecule has 1 aromatic carbocycles. The second-order valence-electron chi connectivity index (χ2n) is 4.97. The van der Waals surface area contributed by atoms with Crippen LogP contribution in [-0.2, 0) is 11.3 Å². The van der Waals surface area contributed by atoms with Gasteiger partial charge in [-0.3, -0.25) is 10.1 Å². The Balaban J connectivity index is 1.82. The molecule has 0 radical (unpaired) electrons. The number of nitrogens with one attached hydrogen (secondary N) is 3. The van der Waals surface area contributed by atoms with Crippen LogP contribution < -0.4 is 20.7 Å². The van der Waals surface area contributed by atoms with Gasteiger partial charge in [-0.15, -0.1) is 0 Å². The molecular weight excluding hydrogens is 334 g/mol. The molecule has 0 fully saturated rings. The summed E-state index contributed by atoms with van der Waals surface area (Å²) in [5.41, 5.74) is 1.46. The third kappa shape index (κ3) is 4.92. The Morgan fingerprint density at radius 3 is 2.79 bits per heavy atom. The van der Waals surface area contributed by atoms with Gasteiger partial charge in [0.2, 0.25) is 5.91 Å². The van der Waals surface area contributed by atoms with Crippen molar-refractivity contribution in [1.29, 1.82) is 0 Å². The monoisotopic (exact) mass is 351 g/mol. The first-order valence-electron chi connectivity index (χ1n) is 7.17. The van der Waals surface area contributed by atoms with Crippen LogP contribution in [0.15, 0.2) is 34.9 Å². The molecule has 0 spiro atoms. The summed E-state index contributed by atoms with van der Waals surface area (Å²) in [7, 11) is 1.51. The van der Waals surface area contributed by atoms with Crippen molar-refractivity contribution in [3.63, 3.8) is 0 Å². The second-order valence-corrected chi connectivity index (χ2v) is 5.37. The van der Waals surface area contributed by atoms with Crippen molar-refractivity contribution in [2.75, 3.05) is 19.0 Å². The summed E-state index contributed by atoms with van der Waals surface area (Å²) < 4.78 is 10.3. The van der Waals surface area contributed by atoms with Gasteiger partial charge in [0.05, 0.1) is 32.1 Å². The SMILES string of the molecule is COc1cc(Cl)c(C)cc1NCC(=O)NC(=O)NCc1ccco1. The molecule has 0 unspecified atom stereocenters. The third-order valence-corrected chi connectivity index (χ3v) is 3.58. The molecule has 0 aliphatic rings. The van der Waals surface area contributed by atoms with E-state index in [1.807, 2.05) is 6.92 Å². The zero-order chi connectivity index (χ0) is 17.5. The first-order valence-corrected chi connectivity index (χ1v) is 7.55. The van der Waals surface area contributed by atoms with Crippen molar-refractivity contribution in [2.45, 2.75) is 13.5 Å². The van der Waals surface area contributed by atoms with Crippen LogP contribution in [0.25, 0.3) is 0 Å². The summed E-state index contributed by atoms with van der Waals surface area (Å²) in [6, 6.07) is 6.26. The van der Waals surface area contributed by atoms with Crippen molar-refractivity contribution in [3.05, 3.63) is 46.9 Å². The van der Waals surface area contributed by atoms with E-state index in [2.05, 4.69) is 16.0 Å². The topological polar surface area (TPSA) is 92.6 Å². The molecule has 7 nitrogen and oxygen atoms in total. The van der Waals surface area contributed by atoms with Crippen LogP contribution in [0, 0.1) is 6.92 Å². The number of carbonyl (C=O) groups is 2. The first kappa shape index (κ1) is 17.7. The lowest BCUT2D eigenvalue weighted by Crippen LogP contribution is -2.41. The number of hydrogen-bond donors (Lipinski definition) is 3. The molecule has 0 aliphatic heterocycles. The zero-order valence-corrected chi connectivity index (χ0v) is 14.1. The molecule has 0 aliphatic carbocycles. The van der Waals surface area contributed by atoms with E-state index in [1.165, 1.54) is 13.4 Å². The van der Waals surface area contributed by atoms with E-state index in [4.69, 9.17) is 20.8 Å². The van der Waals surface area contributed by atoms with E-state index < -0.39 is 11.9 Å². The van der Waals surface area contributed by atoms with Gasteiger partial charge in [-0.2, -0.15) is 0 Å². The van der Waals surface area contributed by atoms with E-state index in [0.717, 1.165) is 5.56 Å². The van der Waals surface area contributed by atoms with Gasteiger partial charge in [-0.25, -0.2) is 4.79 Å². The Morgan fingerprint density at radius 2 is 2.12 bits per heavy atom. The molecule has 2 rings (SSSR count). The average molecular weight is 352 g/mol. The molecule has 24 heavy (non-hydrogen) atoms. The number of hydrogen-bond acceptors (Lipinski definition) is 5. The highest BCUT2D eigenvalue weighted by molar-refractivity contribution is 6.31. The molecule has 1 aromatic heterocycles. The van der Waals surface area contributed by atoms with Gasteiger partial charge in [0, 0.05) is 11.1 Å². The summed E-state index contributed by atoms with van der Waals surface area (Å²) in [4.78, 5) is 23.4. The molecule has 0 saturated heterocycles. The molecule has 0 bridgehead atoms. The molecule has 0 saturated carbocycles. The van der Waals surface area contributed by atoms with Crippen molar-refractivity contribution >= 4 is 29.2 Å². The van der Waals surface area contributed by atoms with Crippen LogP contribution >= 0.6 is 11.6 Å². The lowest BCUT2D eigenvalue weighted by Gasteiger charge is -2.13. The lowest BCUT2D eigenvalue weighted by molar-refractivity contribution is -0.118.